The van der Waals surface area contributed by atoms with Crippen LogP contribution in [-0.2, 0) is 16.4 Å². The van der Waals surface area contributed by atoms with E-state index in [0.717, 1.165) is 10.2 Å². The van der Waals surface area contributed by atoms with Crippen molar-refractivity contribution in [1.82, 2.24) is 4.98 Å². The van der Waals surface area contributed by atoms with Crippen molar-refractivity contribution >= 4 is 21.7 Å². The summed E-state index contributed by atoms with van der Waals surface area (Å²) in [5.41, 5.74) is 6.26. The molecule has 0 aliphatic carbocycles. The van der Waals surface area contributed by atoms with Crippen molar-refractivity contribution in [2.75, 3.05) is 12.3 Å². The quantitative estimate of drug-likeness (QED) is 0.501. The molecule has 5 heteroatoms. The molecule has 0 radical (unpaired) electrons. The van der Waals surface area contributed by atoms with Crippen molar-refractivity contribution in [3.05, 3.63) is 22.3 Å². The van der Waals surface area contributed by atoms with Crippen LogP contribution in [0.25, 0.3) is 0 Å². The minimum Gasteiger partial charge on any atom is -0.384 e. The fraction of sp³-hybridized carbons (Fsp3) is 0.375. The Morgan fingerprint density at radius 3 is 2.85 bits per heavy atom. The summed E-state index contributed by atoms with van der Waals surface area (Å²) in [6.07, 6.45) is 0. The van der Waals surface area contributed by atoms with Gasteiger partial charge in [0.15, 0.2) is 0 Å². The Labute approximate surface area is 85.1 Å². The van der Waals surface area contributed by atoms with Gasteiger partial charge in [-0.05, 0) is 19.1 Å². The lowest BCUT2D eigenvalue weighted by molar-refractivity contribution is -0.301. The molecule has 0 saturated carbocycles. The van der Waals surface area contributed by atoms with E-state index in [-0.39, 0.29) is 0 Å². The molecule has 0 aliphatic heterocycles. The van der Waals surface area contributed by atoms with Gasteiger partial charge in [-0.2, -0.15) is 0 Å². The number of anilines is 1. The molecule has 0 atom stereocenters. The lowest BCUT2D eigenvalue weighted by atomic mass is 10.3. The summed E-state index contributed by atoms with van der Waals surface area (Å²) in [6.45, 7) is 2.67. The SMILES string of the molecule is CCOOCc1cc(Br)cc(N)n1. The van der Waals surface area contributed by atoms with Crippen LogP contribution >= 0.6 is 15.9 Å². The lowest BCUT2D eigenvalue weighted by Gasteiger charge is -2.02. The predicted molar refractivity (Wildman–Crippen MR) is 52.8 cm³/mol. The van der Waals surface area contributed by atoms with E-state index in [1.165, 1.54) is 0 Å². The first-order valence-corrected chi connectivity index (χ1v) is 4.68. The van der Waals surface area contributed by atoms with Crippen LogP contribution in [0, 0.1) is 0 Å². The molecule has 0 saturated heterocycles. The Morgan fingerprint density at radius 1 is 1.46 bits per heavy atom. The fourth-order valence-corrected chi connectivity index (χ4v) is 1.33. The van der Waals surface area contributed by atoms with E-state index in [4.69, 9.17) is 15.5 Å². The molecule has 72 valence electrons. The lowest BCUT2D eigenvalue weighted by Crippen LogP contribution is -1.99. The topological polar surface area (TPSA) is 57.4 Å². The first kappa shape index (κ1) is 10.4. The van der Waals surface area contributed by atoms with Crippen molar-refractivity contribution in [2.45, 2.75) is 13.5 Å². The van der Waals surface area contributed by atoms with Crippen LogP contribution in [0.2, 0.25) is 0 Å². The van der Waals surface area contributed by atoms with E-state index in [2.05, 4.69) is 20.9 Å². The number of nitrogen functional groups attached to an aromatic ring is 1. The van der Waals surface area contributed by atoms with Gasteiger partial charge in [-0.1, -0.05) is 15.9 Å². The standard InChI is InChI=1S/C8H11BrN2O2/c1-2-12-13-5-7-3-6(9)4-8(10)11-7/h3-4H,2,5H2,1H3,(H2,10,11). The average Bonchev–Trinajstić information content (AvgIpc) is 2.03. The number of halogens is 1. The van der Waals surface area contributed by atoms with E-state index in [1.54, 1.807) is 6.07 Å². The summed E-state index contributed by atoms with van der Waals surface area (Å²) in [7, 11) is 0. The van der Waals surface area contributed by atoms with Crippen molar-refractivity contribution < 1.29 is 9.78 Å². The summed E-state index contributed by atoms with van der Waals surface area (Å²) >= 11 is 3.31. The van der Waals surface area contributed by atoms with E-state index < -0.39 is 0 Å². The van der Waals surface area contributed by atoms with Gasteiger partial charge in [0.2, 0.25) is 0 Å². The molecule has 13 heavy (non-hydrogen) atoms. The van der Waals surface area contributed by atoms with E-state index >= 15 is 0 Å². The molecule has 2 N–H and O–H groups in total. The van der Waals surface area contributed by atoms with Crippen molar-refractivity contribution in [3.63, 3.8) is 0 Å². The minimum absolute atomic E-state index is 0.303. The number of aromatic nitrogens is 1. The highest BCUT2D eigenvalue weighted by molar-refractivity contribution is 9.10. The number of nitrogens with zero attached hydrogens (tertiary/aromatic N) is 1. The zero-order valence-corrected chi connectivity index (χ0v) is 8.87. The molecule has 0 amide bonds. The van der Waals surface area contributed by atoms with E-state index in [1.807, 2.05) is 13.0 Å². The molecule has 1 heterocycles. The first-order valence-electron chi connectivity index (χ1n) is 3.88. The van der Waals surface area contributed by atoms with Crippen molar-refractivity contribution in [2.24, 2.45) is 0 Å². The van der Waals surface area contributed by atoms with Crippen LogP contribution in [-0.4, -0.2) is 11.6 Å². The molecule has 0 aliphatic rings. The van der Waals surface area contributed by atoms with Crippen molar-refractivity contribution in [1.29, 1.82) is 0 Å². The average molecular weight is 247 g/mol. The highest BCUT2D eigenvalue weighted by atomic mass is 79.9. The Balaban J connectivity index is 2.56. The Bertz CT molecular complexity index is 261. The molecular formula is C8H11BrN2O2. The molecule has 1 aromatic rings. The highest BCUT2D eigenvalue weighted by Gasteiger charge is 1.99. The maximum absolute atomic E-state index is 5.53. The third-order valence-corrected chi connectivity index (χ3v) is 1.73. The third kappa shape index (κ3) is 3.71. The van der Waals surface area contributed by atoms with Gasteiger partial charge >= 0.3 is 0 Å². The highest BCUT2D eigenvalue weighted by Crippen LogP contribution is 2.14. The van der Waals surface area contributed by atoms with E-state index in [0.29, 0.717) is 19.0 Å². The fourth-order valence-electron chi connectivity index (χ4n) is 0.832. The Morgan fingerprint density at radius 2 is 2.23 bits per heavy atom. The molecule has 1 aromatic heterocycles. The second-order valence-corrected chi connectivity index (χ2v) is 3.29. The second-order valence-electron chi connectivity index (χ2n) is 2.37. The molecule has 0 spiro atoms. The zero-order chi connectivity index (χ0) is 9.68. The van der Waals surface area contributed by atoms with Crippen molar-refractivity contribution in [3.8, 4) is 0 Å². The molecule has 0 bridgehead atoms. The van der Waals surface area contributed by atoms with Crippen LogP contribution in [0.3, 0.4) is 0 Å². The van der Waals surface area contributed by atoms with Crippen LogP contribution in [0.4, 0.5) is 5.82 Å². The van der Waals surface area contributed by atoms with Crippen LogP contribution < -0.4 is 5.73 Å². The van der Waals surface area contributed by atoms with E-state index in [9.17, 15) is 0 Å². The number of pyridine rings is 1. The summed E-state index contributed by atoms with van der Waals surface area (Å²) in [5, 5.41) is 0. The number of nitrogens with two attached hydrogens (primary N) is 1. The second kappa shape index (κ2) is 5.16. The molecule has 4 nitrogen and oxygen atoms in total. The van der Waals surface area contributed by atoms with Crippen LogP contribution in [0.5, 0.6) is 0 Å². The third-order valence-electron chi connectivity index (χ3n) is 1.27. The number of hydrogen-bond acceptors (Lipinski definition) is 4. The first-order chi connectivity index (χ1) is 6.22. The van der Waals surface area contributed by atoms with Crippen LogP contribution in [0.15, 0.2) is 16.6 Å². The van der Waals surface area contributed by atoms with Gasteiger partial charge in [-0.25, -0.2) is 14.8 Å². The summed E-state index contributed by atoms with van der Waals surface area (Å²) in [5.74, 6) is 0.462. The van der Waals surface area contributed by atoms with Gasteiger partial charge in [-0.15, -0.1) is 0 Å². The normalized spacial score (nSPS) is 10.3. The number of rotatable bonds is 4. The van der Waals surface area contributed by atoms with Gasteiger partial charge < -0.3 is 5.73 Å². The van der Waals surface area contributed by atoms with Crippen LogP contribution in [0.1, 0.15) is 12.6 Å². The smallest absolute Gasteiger partial charge is 0.124 e. The largest absolute Gasteiger partial charge is 0.384 e. The maximum Gasteiger partial charge on any atom is 0.124 e. The Hall–Kier alpha value is -0.650. The molecule has 1 rings (SSSR count). The summed E-state index contributed by atoms with van der Waals surface area (Å²) < 4.78 is 0.884. The van der Waals surface area contributed by atoms with Gasteiger partial charge in [0, 0.05) is 4.47 Å². The number of hydrogen-bond donors (Lipinski definition) is 1. The minimum atomic E-state index is 0.303. The molecule has 0 aromatic carbocycles. The monoisotopic (exact) mass is 246 g/mol. The van der Waals surface area contributed by atoms with Gasteiger partial charge in [0.1, 0.15) is 12.4 Å². The molecule has 0 unspecified atom stereocenters. The predicted octanol–water partition coefficient (Wildman–Crippen LogP) is 1.89. The summed E-state index contributed by atoms with van der Waals surface area (Å²) in [4.78, 5) is 13.6. The summed E-state index contributed by atoms with van der Waals surface area (Å²) in [6, 6.07) is 3.56. The Kier molecular flexibility index (Phi) is 4.14. The molecule has 0 fully saturated rings. The van der Waals surface area contributed by atoms with Gasteiger partial charge in [-0.3, -0.25) is 0 Å². The molecular weight excluding hydrogens is 236 g/mol. The van der Waals surface area contributed by atoms with Gasteiger partial charge in [0.25, 0.3) is 0 Å². The zero-order valence-electron chi connectivity index (χ0n) is 7.29. The van der Waals surface area contributed by atoms with Gasteiger partial charge in [0.05, 0.1) is 12.3 Å². The maximum atomic E-state index is 5.53.